The quantitative estimate of drug-likeness (QED) is 0.875. The Hall–Kier alpha value is -2.31. The van der Waals surface area contributed by atoms with Gasteiger partial charge in [-0.1, -0.05) is 0 Å². The number of H-pyrrole nitrogens is 1. The average molecular weight is 318 g/mol. The highest BCUT2D eigenvalue weighted by atomic mass is 16.6. The van der Waals surface area contributed by atoms with Crippen molar-refractivity contribution in [3.05, 3.63) is 28.8 Å². The number of carbonyl (C=O) groups excluding carboxylic acids is 1. The molecule has 7 nitrogen and oxygen atoms in total. The molecule has 124 valence electrons. The molecule has 7 heteroatoms. The van der Waals surface area contributed by atoms with Gasteiger partial charge in [-0.3, -0.25) is 4.57 Å². The van der Waals surface area contributed by atoms with Crippen molar-refractivity contribution in [2.24, 2.45) is 0 Å². The SMILES string of the molecule is CC(C)(C)OC(=O)N1CCC(n2c(=O)[nH]c3cccnc32)CC1. The van der Waals surface area contributed by atoms with Crippen LogP contribution in [0.25, 0.3) is 11.2 Å². The largest absolute Gasteiger partial charge is 0.444 e. The van der Waals surface area contributed by atoms with E-state index in [0.717, 1.165) is 5.52 Å². The summed E-state index contributed by atoms with van der Waals surface area (Å²) in [5, 5.41) is 0. The van der Waals surface area contributed by atoms with E-state index < -0.39 is 5.60 Å². The van der Waals surface area contributed by atoms with Crippen LogP contribution >= 0.6 is 0 Å². The average Bonchev–Trinajstić information content (AvgIpc) is 2.81. The molecule has 0 aromatic carbocycles. The summed E-state index contributed by atoms with van der Waals surface area (Å²) >= 11 is 0. The first-order valence-corrected chi connectivity index (χ1v) is 7.88. The van der Waals surface area contributed by atoms with Crippen LogP contribution < -0.4 is 5.69 Å². The number of nitrogens with zero attached hydrogens (tertiary/aromatic N) is 3. The Labute approximate surface area is 134 Å². The fraction of sp³-hybridized carbons (Fsp3) is 0.562. The van der Waals surface area contributed by atoms with Crippen molar-refractivity contribution in [1.29, 1.82) is 0 Å². The number of amides is 1. The van der Waals surface area contributed by atoms with Crippen LogP contribution in [-0.2, 0) is 4.74 Å². The Morgan fingerprint density at radius 3 is 2.70 bits per heavy atom. The zero-order valence-electron chi connectivity index (χ0n) is 13.7. The van der Waals surface area contributed by atoms with Gasteiger partial charge in [0, 0.05) is 25.3 Å². The molecule has 1 amide bonds. The van der Waals surface area contributed by atoms with Gasteiger partial charge in [0.05, 0.1) is 5.52 Å². The molecule has 1 aliphatic heterocycles. The summed E-state index contributed by atoms with van der Waals surface area (Å²) in [6.07, 6.45) is 2.81. The molecule has 0 bridgehead atoms. The summed E-state index contributed by atoms with van der Waals surface area (Å²) in [5.74, 6) is 0. The van der Waals surface area contributed by atoms with Gasteiger partial charge >= 0.3 is 11.8 Å². The highest BCUT2D eigenvalue weighted by molar-refractivity contribution is 5.70. The van der Waals surface area contributed by atoms with Crippen LogP contribution in [0.1, 0.15) is 39.7 Å². The van der Waals surface area contributed by atoms with Crippen molar-refractivity contribution in [2.75, 3.05) is 13.1 Å². The number of hydrogen-bond donors (Lipinski definition) is 1. The number of imidazole rings is 1. The molecule has 0 atom stereocenters. The number of rotatable bonds is 1. The predicted molar refractivity (Wildman–Crippen MR) is 86.4 cm³/mol. The topological polar surface area (TPSA) is 80.2 Å². The van der Waals surface area contributed by atoms with Gasteiger partial charge < -0.3 is 14.6 Å². The van der Waals surface area contributed by atoms with Gasteiger partial charge in [0.15, 0.2) is 5.65 Å². The number of carbonyl (C=O) groups is 1. The van der Waals surface area contributed by atoms with Crippen molar-refractivity contribution in [3.8, 4) is 0 Å². The fourth-order valence-corrected chi connectivity index (χ4v) is 2.93. The third kappa shape index (κ3) is 3.23. The summed E-state index contributed by atoms with van der Waals surface area (Å²) < 4.78 is 7.11. The summed E-state index contributed by atoms with van der Waals surface area (Å²) in [7, 11) is 0. The van der Waals surface area contributed by atoms with E-state index in [-0.39, 0.29) is 17.8 Å². The first-order chi connectivity index (χ1) is 10.8. The van der Waals surface area contributed by atoms with Gasteiger partial charge in [-0.15, -0.1) is 0 Å². The maximum atomic E-state index is 12.2. The van der Waals surface area contributed by atoms with E-state index in [1.54, 1.807) is 21.7 Å². The minimum absolute atomic E-state index is 0.0461. The van der Waals surface area contributed by atoms with Gasteiger partial charge in [-0.05, 0) is 45.7 Å². The number of hydrogen-bond acceptors (Lipinski definition) is 4. The van der Waals surface area contributed by atoms with Crippen molar-refractivity contribution in [3.63, 3.8) is 0 Å². The monoisotopic (exact) mass is 318 g/mol. The van der Waals surface area contributed by atoms with Crippen LogP contribution in [0.2, 0.25) is 0 Å². The fourth-order valence-electron chi connectivity index (χ4n) is 2.93. The van der Waals surface area contributed by atoms with Gasteiger partial charge in [-0.2, -0.15) is 0 Å². The van der Waals surface area contributed by atoms with Crippen LogP contribution in [0.4, 0.5) is 4.79 Å². The second-order valence-corrected chi connectivity index (χ2v) is 6.87. The van der Waals surface area contributed by atoms with Crippen molar-refractivity contribution >= 4 is 17.3 Å². The maximum Gasteiger partial charge on any atom is 0.410 e. The number of likely N-dealkylation sites (tertiary alicyclic amines) is 1. The molecule has 0 aliphatic carbocycles. The molecule has 1 N–H and O–H groups in total. The number of aromatic nitrogens is 3. The molecular weight excluding hydrogens is 296 g/mol. The van der Waals surface area contributed by atoms with Crippen LogP contribution in [0, 0.1) is 0 Å². The minimum atomic E-state index is -0.494. The molecule has 1 aliphatic rings. The van der Waals surface area contributed by atoms with E-state index in [9.17, 15) is 9.59 Å². The van der Waals surface area contributed by atoms with E-state index in [1.807, 2.05) is 26.8 Å². The van der Waals surface area contributed by atoms with Gasteiger partial charge in [0.1, 0.15) is 5.60 Å². The summed E-state index contributed by atoms with van der Waals surface area (Å²) in [5.41, 5.74) is 0.778. The molecule has 2 aromatic heterocycles. The van der Waals surface area contributed by atoms with Crippen LogP contribution in [-0.4, -0.2) is 44.2 Å². The van der Waals surface area contributed by atoms with E-state index in [2.05, 4.69) is 9.97 Å². The molecular formula is C16H22N4O3. The van der Waals surface area contributed by atoms with Gasteiger partial charge in [-0.25, -0.2) is 14.6 Å². The Bertz CT molecular complexity index is 763. The number of pyridine rings is 1. The minimum Gasteiger partial charge on any atom is -0.444 e. The Morgan fingerprint density at radius 2 is 2.04 bits per heavy atom. The van der Waals surface area contributed by atoms with Crippen molar-refractivity contribution in [2.45, 2.75) is 45.3 Å². The van der Waals surface area contributed by atoms with E-state index >= 15 is 0 Å². The molecule has 0 radical (unpaired) electrons. The highest BCUT2D eigenvalue weighted by Crippen LogP contribution is 2.25. The molecule has 2 aromatic rings. The van der Waals surface area contributed by atoms with E-state index in [0.29, 0.717) is 31.6 Å². The van der Waals surface area contributed by atoms with Gasteiger partial charge in [0.25, 0.3) is 0 Å². The summed E-state index contributed by atoms with van der Waals surface area (Å²) in [4.78, 5) is 33.1. The van der Waals surface area contributed by atoms with E-state index in [4.69, 9.17) is 4.74 Å². The zero-order chi connectivity index (χ0) is 16.6. The molecule has 0 unspecified atom stereocenters. The normalized spacial score (nSPS) is 16.7. The lowest BCUT2D eigenvalue weighted by Gasteiger charge is -2.33. The number of fused-ring (bicyclic) bond motifs is 1. The number of nitrogens with one attached hydrogen (secondary N) is 1. The Balaban J connectivity index is 1.73. The molecule has 23 heavy (non-hydrogen) atoms. The zero-order valence-corrected chi connectivity index (χ0v) is 13.7. The maximum absolute atomic E-state index is 12.2. The number of ether oxygens (including phenoxy) is 1. The smallest absolute Gasteiger partial charge is 0.410 e. The summed E-state index contributed by atoms with van der Waals surface area (Å²) in [6.45, 7) is 6.72. The van der Waals surface area contributed by atoms with Gasteiger partial charge in [0.2, 0.25) is 0 Å². The molecule has 1 saturated heterocycles. The third-order valence-electron chi connectivity index (χ3n) is 3.96. The van der Waals surface area contributed by atoms with Crippen LogP contribution in [0.5, 0.6) is 0 Å². The lowest BCUT2D eigenvalue weighted by molar-refractivity contribution is 0.0189. The first-order valence-electron chi connectivity index (χ1n) is 7.88. The number of aromatic amines is 1. The molecule has 1 fully saturated rings. The molecule has 3 heterocycles. The predicted octanol–water partition coefficient (Wildman–Crippen LogP) is 2.30. The Kier molecular flexibility index (Phi) is 3.87. The second-order valence-electron chi connectivity index (χ2n) is 6.87. The molecule has 0 spiro atoms. The van der Waals surface area contributed by atoms with Crippen LogP contribution in [0.15, 0.2) is 23.1 Å². The van der Waals surface area contributed by atoms with Crippen LogP contribution in [0.3, 0.4) is 0 Å². The first kappa shape index (κ1) is 15.6. The van der Waals surface area contributed by atoms with E-state index in [1.165, 1.54) is 0 Å². The molecule has 3 rings (SSSR count). The second kappa shape index (κ2) is 5.72. The standard InChI is InChI=1S/C16H22N4O3/c1-16(2,3)23-15(22)19-9-6-11(7-10-19)20-13-12(18-14(20)21)5-4-8-17-13/h4-5,8,11H,6-7,9-10H2,1-3H3,(H,18,21). The number of piperidine rings is 1. The lowest BCUT2D eigenvalue weighted by Crippen LogP contribution is -2.43. The van der Waals surface area contributed by atoms with Crippen molar-refractivity contribution < 1.29 is 9.53 Å². The summed E-state index contributed by atoms with van der Waals surface area (Å²) in [6, 6.07) is 3.69. The highest BCUT2D eigenvalue weighted by Gasteiger charge is 2.29. The molecule has 0 saturated carbocycles. The lowest BCUT2D eigenvalue weighted by atomic mass is 10.1. The Morgan fingerprint density at radius 1 is 1.35 bits per heavy atom. The third-order valence-corrected chi connectivity index (χ3v) is 3.96. The van der Waals surface area contributed by atoms with Crippen molar-refractivity contribution in [1.82, 2.24) is 19.4 Å².